The van der Waals surface area contributed by atoms with E-state index in [0.717, 1.165) is 5.75 Å². The van der Waals surface area contributed by atoms with Crippen molar-refractivity contribution in [2.75, 3.05) is 11.5 Å². The molecule has 0 aromatic carbocycles. The summed E-state index contributed by atoms with van der Waals surface area (Å²) in [5, 5.41) is 3.35. The Balaban J connectivity index is 2.33. The van der Waals surface area contributed by atoms with Crippen molar-refractivity contribution >= 4 is 17.7 Å². The van der Waals surface area contributed by atoms with Gasteiger partial charge in [0.25, 0.3) is 0 Å². The predicted molar refractivity (Wildman–Crippen MR) is 68.8 cm³/mol. The molecule has 0 radical (unpaired) electrons. The third-order valence-electron chi connectivity index (χ3n) is 2.41. The van der Waals surface area contributed by atoms with Gasteiger partial charge in [0.05, 0.1) is 0 Å². The van der Waals surface area contributed by atoms with Crippen molar-refractivity contribution in [1.82, 2.24) is 5.32 Å². The van der Waals surface area contributed by atoms with Crippen LogP contribution in [0.4, 0.5) is 0 Å². The molecule has 4 heteroatoms. The second kappa shape index (κ2) is 5.92. The van der Waals surface area contributed by atoms with E-state index in [4.69, 9.17) is 4.74 Å². The van der Waals surface area contributed by atoms with Gasteiger partial charge in [0.15, 0.2) is 0 Å². The summed E-state index contributed by atoms with van der Waals surface area (Å²) in [6.07, 6.45) is 2.41. The molecule has 0 aromatic rings. The van der Waals surface area contributed by atoms with Crippen molar-refractivity contribution in [2.24, 2.45) is 0 Å². The van der Waals surface area contributed by atoms with Gasteiger partial charge < -0.3 is 10.1 Å². The predicted octanol–water partition coefficient (Wildman–Crippen LogP) is 2.20. The molecule has 1 rings (SSSR count). The van der Waals surface area contributed by atoms with Gasteiger partial charge >= 0.3 is 5.97 Å². The van der Waals surface area contributed by atoms with Crippen LogP contribution in [0.2, 0.25) is 0 Å². The highest BCUT2D eigenvalue weighted by Gasteiger charge is 2.24. The lowest BCUT2D eigenvalue weighted by molar-refractivity contribution is -0.157. The largest absolute Gasteiger partial charge is 0.459 e. The van der Waals surface area contributed by atoms with E-state index >= 15 is 0 Å². The Morgan fingerprint density at radius 2 is 2.19 bits per heavy atom. The lowest BCUT2D eigenvalue weighted by Gasteiger charge is -2.27. The number of carbonyl (C=O) groups is 1. The minimum absolute atomic E-state index is 0.150. The Morgan fingerprint density at radius 3 is 2.69 bits per heavy atom. The van der Waals surface area contributed by atoms with Gasteiger partial charge in [0, 0.05) is 11.8 Å². The average molecular weight is 245 g/mol. The van der Waals surface area contributed by atoms with E-state index in [2.05, 4.69) is 5.32 Å². The molecular formula is C12H23NO2S. The molecule has 0 bridgehead atoms. The first-order chi connectivity index (χ1) is 7.38. The molecule has 3 nitrogen and oxygen atoms in total. The first-order valence-electron chi connectivity index (χ1n) is 5.95. The second-order valence-corrected chi connectivity index (χ2v) is 6.49. The highest BCUT2D eigenvalue weighted by Crippen LogP contribution is 2.17. The van der Waals surface area contributed by atoms with E-state index in [1.54, 1.807) is 0 Å². The minimum Gasteiger partial charge on any atom is -0.459 e. The van der Waals surface area contributed by atoms with Crippen molar-refractivity contribution in [1.29, 1.82) is 0 Å². The van der Waals surface area contributed by atoms with Crippen LogP contribution in [0.15, 0.2) is 0 Å². The van der Waals surface area contributed by atoms with Crippen LogP contribution in [0.5, 0.6) is 0 Å². The van der Waals surface area contributed by atoms with Gasteiger partial charge in [-0.1, -0.05) is 0 Å². The number of hydrogen-bond acceptors (Lipinski definition) is 4. The first kappa shape index (κ1) is 13.8. The Hall–Kier alpha value is -0.220. The third-order valence-corrected chi connectivity index (χ3v) is 3.62. The normalized spacial score (nSPS) is 23.9. The molecule has 0 aromatic heterocycles. The van der Waals surface area contributed by atoms with Crippen LogP contribution in [-0.2, 0) is 9.53 Å². The molecule has 0 aliphatic carbocycles. The summed E-state index contributed by atoms with van der Waals surface area (Å²) in [5.74, 6) is 2.20. The van der Waals surface area contributed by atoms with Crippen LogP contribution in [-0.4, -0.2) is 35.2 Å². The molecule has 1 heterocycles. The Kier molecular flexibility index (Phi) is 5.12. The van der Waals surface area contributed by atoms with Gasteiger partial charge in [0.2, 0.25) is 0 Å². The van der Waals surface area contributed by atoms with Crippen LogP contribution in [0.3, 0.4) is 0 Å². The zero-order valence-corrected chi connectivity index (χ0v) is 11.5. The number of nitrogens with one attached hydrogen (secondary N) is 1. The van der Waals surface area contributed by atoms with Crippen LogP contribution >= 0.6 is 11.8 Å². The number of hydrogen-bond donors (Lipinski definition) is 1. The highest BCUT2D eigenvalue weighted by molar-refractivity contribution is 7.99. The Morgan fingerprint density at radius 1 is 1.50 bits per heavy atom. The summed E-state index contributed by atoms with van der Waals surface area (Å²) in [4.78, 5) is 11.7. The molecule has 0 spiro atoms. The second-order valence-electron chi connectivity index (χ2n) is 5.34. The fraction of sp³-hybridized carbons (Fsp3) is 0.917. The van der Waals surface area contributed by atoms with Crippen LogP contribution in [0.1, 0.15) is 40.5 Å². The molecule has 2 atom stereocenters. The molecule has 16 heavy (non-hydrogen) atoms. The van der Waals surface area contributed by atoms with Gasteiger partial charge in [-0.15, -0.1) is 0 Å². The molecule has 0 amide bonds. The number of rotatable bonds is 3. The third kappa shape index (κ3) is 5.21. The maximum absolute atomic E-state index is 11.7. The Bertz CT molecular complexity index is 232. The van der Waals surface area contributed by atoms with Crippen molar-refractivity contribution in [2.45, 2.75) is 58.2 Å². The van der Waals surface area contributed by atoms with Gasteiger partial charge in [-0.3, -0.25) is 4.79 Å². The van der Waals surface area contributed by atoms with Crippen molar-refractivity contribution in [3.05, 3.63) is 0 Å². The Labute approximate surface area is 103 Å². The molecule has 0 saturated carbocycles. The zero-order valence-electron chi connectivity index (χ0n) is 10.7. The molecule has 1 aliphatic heterocycles. The van der Waals surface area contributed by atoms with E-state index in [9.17, 15) is 4.79 Å². The summed E-state index contributed by atoms with van der Waals surface area (Å²) < 4.78 is 5.33. The van der Waals surface area contributed by atoms with E-state index in [1.807, 2.05) is 39.5 Å². The lowest BCUT2D eigenvalue weighted by Crippen LogP contribution is -2.46. The van der Waals surface area contributed by atoms with Crippen LogP contribution < -0.4 is 5.32 Å². The maximum atomic E-state index is 11.7. The molecule has 94 valence electrons. The quantitative estimate of drug-likeness (QED) is 0.774. The van der Waals surface area contributed by atoms with E-state index in [1.165, 1.54) is 18.6 Å². The van der Waals surface area contributed by atoms with Crippen LogP contribution in [0.25, 0.3) is 0 Å². The molecule has 2 unspecified atom stereocenters. The molecule has 1 saturated heterocycles. The van der Waals surface area contributed by atoms with Gasteiger partial charge in [-0.2, -0.15) is 11.8 Å². The number of carbonyl (C=O) groups excluding carboxylic acids is 1. The van der Waals surface area contributed by atoms with Crippen molar-refractivity contribution in [3.63, 3.8) is 0 Å². The van der Waals surface area contributed by atoms with E-state index < -0.39 is 5.60 Å². The average Bonchev–Trinajstić information content (AvgIpc) is 2.16. The fourth-order valence-corrected chi connectivity index (χ4v) is 2.77. The SMILES string of the molecule is CC(NC1CCCSC1)C(=O)OC(C)(C)C. The fourth-order valence-electron chi connectivity index (χ4n) is 1.68. The maximum Gasteiger partial charge on any atom is 0.323 e. The molecule has 1 aliphatic rings. The summed E-state index contributed by atoms with van der Waals surface area (Å²) in [6.45, 7) is 7.57. The number of thioether (sulfide) groups is 1. The number of ether oxygens (including phenoxy) is 1. The van der Waals surface area contributed by atoms with Crippen molar-refractivity contribution < 1.29 is 9.53 Å². The summed E-state index contributed by atoms with van der Waals surface area (Å²) in [6, 6.07) is 0.254. The summed E-state index contributed by atoms with van der Waals surface area (Å²) in [5.41, 5.74) is -0.395. The van der Waals surface area contributed by atoms with E-state index in [-0.39, 0.29) is 12.0 Å². The summed E-state index contributed by atoms with van der Waals surface area (Å²) >= 11 is 1.96. The molecular weight excluding hydrogens is 222 g/mol. The van der Waals surface area contributed by atoms with Gasteiger partial charge in [-0.25, -0.2) is 0 Å². The lowest BCUT2D eigenvalue weighted by atomic mass is 10.1. The monoisotopic (exact) mass is 245 g/mol. The highest BCUT2D eigenvalue weighted by atomic mass is 32.2. The molecule has 1 fully saturated rings. The van der Waals surface area contributed by atoms with Crippen molar-refractivity contribution in [3.8, 4) is 0 Å². The zero-order chi connectivity index (χ0) is 12.2. The van der Waals surface area contributed by atoms with Gasteiger partial charge in [0.1, 0.15) is 11.6 Å². The number of esters is 1. The van der Waals surface area contributed by atoms with Gasteiger partial charge in [-0.05, 0) is 46.3 Å². The van der Waals surface area contributed by atoms with E-state index in [0.29, 0.717) is 6.04 Å². The standard InChI is InChI=1S/C12H23NO2S/c1-9(11(14)15-12(2,3)4)13-10-6-5-7-16-8-10/h9-10,13H,5-8H2,1-4H3. The smallest absolute Gasteiger partial charge is 0.323 e. The minimum atomic E-state index is -0.395. The first-order valence-corrected chi connectivity index (χ1v) is 7.10. The molecule has 1 N–H and O–H groups in total. The summed E-state index contributed by atoms with van der Waals surface area (Å²) in [7, 11) is 0. The van der Waals surface area contributed by atoms with Crippen LogP contribution in [0, 0.1) is 0 Å². The topological polar surface area (TPSA) is 38.3 Å².